The number of hydrogen-bond donors (Lipinski definition) is 1. The van der Waals surface area contributed by atoms with Crippen LogP contribution in [0.4, 0.5) is 11.5 Å². The Morgan fingerprint density at radius 3 is 2.54 bits per heavy atom. The van der Waals surface area contributed by atoms with E-state index in [9.17, 15) is 4.79 Å². The van der Waals surface area contributed by atoms with Gasteiger partial charge in [-0.15, -0.1) is 5.10 Å². The fourth-order valence-corrected chi connectivity index (χ4v) is 3.14. The molecule has 0 spiro atoms. The Kier molecular flexibility index (Phi) is 5.14. The number of aryl methyl sites for hydroxylation is 2. The summed E-state index contributed by atoms with van der Waals surface area (Å²) in [6.45, 7) is 5.60. The molecule has 0 bridgehead atoms. The highest BCUT2D eigenvalue weighted by atomic mass is 79.9. The number of nitrogens with one attached hydrogen (secondary N) is 1. The molecule has 0 aliphatic carbocycles. The Labute approximate surface area is 150 Å². The Balaban J connectivity index is 1.56. The molecule has 2 heterocycles. The Hall–Kier alpha value is -1.95. The molecule has 1 amide bonds. The fourth-order valence-electron chi connectivity index (χ4n) is 2.90. The molecule has 0 radical (unpaired) electrons. The summed E-state index contributed by atoms with van der Waals surface area (Å²) in [5, 5.41) is 11.4. The van der Waals surface area contributed by atoms with Crippen LogP contribution in [0.2, 0.25) is 0 Å². The summed E-state index contributed by atoms with van der Waals surface area (Å²) in [7, 11) is 0. The molecule has 3 rings (SSSR count). The van der Waals surface area contributed by atoms with Crippen molar-refractivity contribution in [1.82, 2.24) is 10.2 Å². The Morgan fingerprint density at radius 2 is 1.92 bits per heavy atom. The molecular weight excluding hydrogens is 368 g/mol. The van der Waals surface area contributed by atoms with Crippen molar-refractivity contribution in [2.45, 2.75) is 26.7 Å². The van der Waals surface area contributed by atoms with Gasteiger partial charge in [0.05, 0.1) is 5.69 Å². The SMILES string of the molecule is Cc1ccc(N2CCC(C(=O)Nc3ccc(Br)c(C)c3)CC2)nn1. The van der Waals surface area contributed by atoms with Crippen LogP contribution in [0.15, 0.2) is 34.8 Å². The van der Waals surface area contributed by atoms with Gasteiger partial charge in [0.15, 0.2) is 5.82 Å². The van der Waals surface area contributed by atoms with Gasteiger partial charge < -0.3 is 10.2 Å². The second-order valence-corrected chi connectivity index (χ2v) is 7.10. The number of halogens is 1. The summed E-state index contributed by atoms with van der Waals surface area (Å²) in [6, 6.07) is 9.83. The van der Waals surface area contributed by atoms with E-state index in [1.54, 1.807) is 0 Å². The molecule has 1 saturated heterocycles. The first-order chi connectivity index (χ1) is 11.5. The van der Waals surface area contributed by atoms with Gasteiger partial charge >= 0.3 is 0 Å². The summed E-state index contributed by atoms with van der Waals surface area (Å²) in [4.78, 5) is 14.7. The number of carbonyl (C=O) groups excluding carboxylic acids is 1. The Morgan fingerprint density at radius 1 is 1.17 bits per heavy atom. The standard InChI is InChI=1S/C18H21BrN4O/c1-12-11-15(4-5-16(12)19)20-18(24)14-7-9-23(10-8-14)17-6-3-13(2)21-22-17/h3-6,11,14H,7-10H2,1-2H3,(H,20,24). The molecular formula is C18H21BrN4O. The Bertz CT molecular complexity index is 724. The largest absolute Gasteiger partial charge is 0.355 e. The molecule has 0 unspecified atom stereocenters. The van der Waals surface area contributed by atoms with Crippen LogP contribution in [0.3, 0.4) is 0 Å². The number of aromatic nitrogens is 2. The summed E-state index contributed by atoms with van der Waals surface area (Å²) < 4.78 is 1.05. The fraction of sp³-hybridized carbons (Fsp3) is 0.389. The molecule has 1 aliphatic rings. The van der Waals surface area contributed by atoms with E-state index in [1.165, 1.54) is 0 Å². The average molecular weight is 389 g/mol. The summed E-state index contributed by atoms with van der Waals surface area (Å²) in [6.07, 6.45) is 1.66. The monoisotopic (exact) mass is 388 g/mol. The molecule has 1 aliphatic heterocycles. The molecule has 0 saturated carbocycles. The van der Waals surface area contributed by atoms with E-state index in [1.807, 2.05) is 44.2 Å². The highest BCUT2D eigenvalue weighted by Crippen LogP contribution is 2.24. The van der Waals surface area contributed by atoms with Gasteiger partial charge in [0.25, 0.3) is 0 Å². The van der Waals surface area contributed by atoms with Crippen molar-refractivity contribution in [3.8, 4) is 0 Å². The molecule has 6 heteroatoms. The molecule has 126 valence electrons. The normalized spacial score (nSPS) is 15.4. The zero-order chi connectivity index (χ0) is 17.1. The van der Waals surface area contributed by atoms with Crippen molar-refractivity contribution >= 4 is 33.3 Å². The van der Waals surface area contributed by atoms with Crippen LogP contribution in [0.25, 0.3) is 0 Å². The van der Waals surface area contributed by atoms with Crippen LogP contribution in [0, 0.1) is 19.8 Å². The topological polar surface area (TPSA) is 58.1 Å². The van der Waals surface area contributed by atoms with Gasteiger partial charge in [0.2, 0.25) is 5.91 Å². The molecule has 24 heavy (non-hydrogen) atoms. The lowest BCUT2D eigenvalue weighted by atomic mass is 9.95. The van der Waals surface area contributed by atoms with Gasteiger partial charge in [-0.2, -0.15) is 5.10 Å². The third kappa shape index (κ3) is 3.93. The number of rotatable bonds is 3. The van der Waals surface area contributed by atoms with Crippen molar-refractivity contribution < 1.29 is 4.79 Å². The number of hydrogen-bond acceptors (Lipinski definition) is 4. The lowest BCUT2D eigenvalue weighted by molar-refractivity contribution is -0.120. The van der Waals surface area contributed by atoms with Crippen LogP contribution in [0.5, 0.6) is 0 Å². The van der Waals surface area contributed by atoms with Gasteiger partial charge in [0, 0.05) is 29.2 Å². The maximum absolute atomic E-state index is 12.5. The third-order valence-corrected chi connectivity index (χ3v) is 5.29. The minimum absolute atomic E-state index is 0.0450. The first-order valence-electron chi connectivity index (χ1n) is 8.15. The summed E-state index contributed by atoms with van der Waals surface area (Å²) in [5.41, 5.74) is 2.88. The smallest absolute Gasteiger partial charge is 0.227 e. The number of anilines is 2. The van der Waals surface area contributed by atoms with Crippen LogP contribution >= 0.6 is 15.9 Å². The zero-order valence-electron chi connectivity index (χ0n) is 13.9. The predicted octanol–water partition coefficient (Wildman–Crippen LogP) is 3.71. The molecule has 1 fully saturated rings. The predicted molar refractivity (Wildman–Crippen MR) is 99.2 cm³/mol. The lowest BCUT2D eigenvalue weighted by Crippen LogP contribution is -2.38. The van der Waals surface area contributed by atoms with Gasteiger partial charge in [-0.3, -0.25) is 4.79 Å². The first-order valence-corrected chi connectivity index (χ1v) is 8.94. The van der Waals surface area contributed by atoms with Crippen molar-refractivity contribution in [3.05, 3.63) is 46.1 Å². The molecule has 1 N–H and O–H groups in total. The van der Waals surface area contributed by atoms with E-state index in [0.717, 1.165) is 53.2 Å². The molecule has 5 nitrogen and oxygen atoms in total. The average Bonchev–Trinajstić information content (AvgIpc) is 2.59. The minimum Gasteiger partial charge on any atom is -0.355 e. The number of carbonyl (C=O) groups is 1. The highest BCUT2D eigenvalue weighted by molar-refractivity contribution is 9.10. The van der Waals surface area contributed by atoms with E-state index in [0.29, 0.717) is 0 Å². The van der Waals surface area contributed by atoms with Crippen LogP contribution in [0.1, 0.15) is 24.1 Å². The third-order valence-electron chi connectivity index (χ3n) is 4.40. The van der Waals surface area contributed by atoms with Crippen LogP contribution in [-0.4, -0.2) is 29.2 Å². The maximum atomic E-state index is 12.5. The van der Waals surface area contributed by atoms with Crippen molar-refractivity contribution in [3.63, 3.8) is 0 Å². The number of nitrogens with zero attached hydrogens (tertiary/aromatic N) is 3. The van der Waals surface area contributed by atoms with E-state index in [-0.39, 0.29) is 11.8 Å². The summed E-state index contributed by atoms with van der Waals surface area (Å²) in [5.74, 6) is 1.04. The van der Waals surface area contributed by atoms with Crippen LogP contribution < -0.4 is 10.2 Å². The van der Waals surface area contributed by atoms with E-state index in [2.05, 4.69) is 36.3 Å². The van der Waals surface area contributed by atoms with Crippen molar-refractivity contribution in [2.75, 3.05) is 23.3 Å². The van der Waals surface area contributed by atoms with Crippen LogP contribution in [-0.2, 0) is 4.79 Å². The molecule has 1 aromatic heterocycles. The second kappa shape index (κ2) is 7.30. The van der Waals surface area contributed by atoms with Gasteiger partial charge in [-0.1, -0.05) is 15.9 Å². The van der Waals surface area contributed by atoms with E-state index >= 15 is 0 Å². The van der Waals surface area contributed by atoms with Crippen molar-refractivity contribution in [1.29, 1.82) is 0 Å². The van der Waals surface area contributed by atoms with E-state index < -0.39 is 0 Å². The molecule has 0 atom stereocenters. The van der Waals surface area contributed by atoms with Crippen molar-refractivity contribution in [2.24, 2.45) is 5.92 Å². The highest BCUT2D eigenvalue weighted by Gasteiger charge is 2.25. The molecule has 2 aromatic rings. The maximum Gasteiger partial charge on any atom is 0.227 e. The van der Waals surface area contributed by atoms with Gasteiger partial charge in [-0.05, 0) is 62.6 Å². The number of piperidine rings is 1. The van der Waals surface area contributed by atoms with E-state index in [4.69, 9.17) is 0 Å². The second-order valence-electron chi connectivity index (χ2n) is 6.25. The first kappa shape index (κ1) is 16.9. The zero-order valence-corrected chi connectivity index (χ0v) is 15.5. The molecule has 1 aromatic carbocycles. The summed E-state index contributed by atoms with van der Waals surface area (Å²) >= 11 is 3.48. The minimum atomic E-state index is 0.0450. The number of benzene rings is 1. The lowest BCUT2D eigenvalue weighted by Gasteiger charge is -2.31. The van der Waals surface area contributed by atoms with Gasteiger partial charge in [-0.25, -0.2) is 0 Å². The van der Waals surface area contributed by atoms with Gasteiger partial charge in [0.1, 0.15) is 0 Å². The number of amides is 1. The quantitative estimate of drug-likeness (QED) is 0.870.